The minimum absolute atomic E-state index is 0.498. The lowest BCUT2D eigenvalue weighted by atomic mass is 10.0. The van der Waals surface area contributed by atoms with Crippen LogP contribution in [0.2, 0.25) is 0 Å². The normalized spacial score (nSPS) is 33.0. The van der Waals surface area contributed by atoms with E-state index in [1.807, 2.05) is 0 Å². The van der Waals surface area contributed by atoms with Gasteiger partial charge < -0.3 is 5.32 Å². The van der Waals surface area contributed by atoms with Crippen LogP contribution < -0.4 is 5.32 Å². The molecule has 1 unspecified atom stereocenters. The summed E-state index contributed by atoms with van der Waals surface area (Å²) >= 11 is 2.16. The van der Waals surface area contributed by atoms with E-state index >= 15 is 0 Å². The Labute approximate surface area is 105 Å². The Balaban J connectivity index is 1.88. The number of thioether (sulfide) groups is 1. The molecule has 16 heavy (non-hydrogen) atoms. The van der Waals surface area contributed by atoms with E-state index in [0.29, 0.717) is 4.75 Å². The van der Waals surface area contributed by atoms with Gasteiger partial charge in [-0.15, -0.1) is 0 Å². The van der Waals surface area contributed by atoms with Crippen molar-refractivity contribution in [1.29, 1.82) is 0 Å². The van der Waals surface area contributed by atoms with Crippen LogP contribution in [0.5, 0.6) is 0 Å². The molecule has 0 aromatic rings. The van der Waals surface area contributed by atoms with Crippen molar-refractivity contribution < 1.29 is 0 Å². The van der Waals surface area contributed by atoms with E-state index in [2.05, 4.69) is 35.8 Å². The molecule has 1 atom stereocenters. The number of nitrogens with one attached hydrogen (secondary N) is 1. The van der Waals surface area contributed by atoms with E-state index in [1.54, 1.807) is 0 Å². The van der Waals surface area contributed by atoms with Crippen molar-refractivity contribution in [2.24, 2.45) is 0 Å². The molecule has 3 heteroatoms. The zero-order valence-electron chi connectivity index (χ0n) is 10.8. The van der Waals surface area contributed by atoms with Crippen LogP contribution in [0.1, 0.15) is 39.5 Å². The van der Waals surface area contributed by atoms with Crippen LogP contribution in [0.25, 0.3) is 0 Å². The Hall–Kier alpha value is 0.270. The topological polar surface area (TPSA) is 15.3 Å². The Morgan fingerprint density at radius 2 is 2.06 bits per heavy atom. The molecule has 2 saturated heterocycles. The molecule has 2 aliphatic rings. The molecule has 0 saturated carbocycles. The molecule has 0 bridgehead atoms. The fourth-order valence-corrected chi connectivity index (χ4v) is 3.88. The summed E-state index contributed by atoms with van der Waals surface area (Å²) in [6, 6.07) is 0.851. The monoisotopic (exact) mass is 242 g/mol. The third-order valence-electron chi connectivity index (χ3n) is 3.93. The fraction of sp³-hybridized carbons (Fsp3) is 1.00. The van der Waals surface area contributed by atoms with Gasteiger partial charge in [0, 0.05) is 23.1 Å². The van der Waals surface area contributed by atoms with Crippen molar-refractivity contribution in [3.8, 4) is 0 Å². The molecule has 94 valence electrons. The maximum Gasteiger partial charge on any atom is 0.0116 e. The lowest BCUT2D eigenvalue weighted by Gasteiger charge is -2.30. The van der Waals surface area contributed by atoms with Crippen LogP contribution >= 0.6 is 11.8 Å². The van der Waals surface area contributed by atoms with Crippen LogP contribution in [0.4, 0.5) is 0 Å². The summed E-state index contributed by atoms with van der Waals surface area (Å²) in [7, 11) is 0. The van der Waals surface area contributed by atoms with E-state index in [1.165, 1.54) is 57.6 Å². The number of hydrogen-bond acceptors (Lipinski definition) is 3. The van der Waals surface area contributed by atoms with Crippen molar-refractivity contribution in [2.75, 3.05) is 31.9 Å². The quantitative estimate of drug-likeness (QED) is 0.760. The van der Waals surface area contributed by atoms with Crippen molar-refractivity contribution in [2.45, 2.75) is 50.3 Å². The van der Waals surface area contributed by atoms with Gasteiger partial charge in [0.1, 0.15) is 0 Å². The first-order valence-electron chi connectivity index (χ1n) is 6.76. The van der Waals surface area contributed by atoms with Gasteiger partial charge in [-0.05, 0) is 45.3 Å². The smallest absolute Gasteiger partial charge is 0.0116 e. The summed E-state index contributed by atoms with van der Waals surface area (Å²) in [5.41, 5.74) is 0. The largest absolute Gasteiger partial charge is 0.317 e. The minimum atomic E-state index is 0.498. The van der Waals surface area contributed by atoms with Crippen molar-refractivity contribution in [3.05, 3.63) is 0 Å². The number of nitrogens with zero attached hydrogens (tertiary/aromatic N) is 1. The van der Waals surface area contributed by atoms with Crippen molar-refractivity contribution >= 4 is 11.8 Å². The van der Waals surface area contributed by atoms with Gasteiger partial charge in [-0.2, -0.15) is 11.8 Å². The average molecular weight is 242 g/mol. The molecule has 2 nitrogen and oxygen atoms in total. The molecule has 0 aliphatic carbocycles. The zero-order chi connectivity index (χ0) is 11.4. The SMILES string of the molecule is CC1(C)CCN(C2CCCNCC2)CCS1. The summed E-state index contributed by atoms with van der Waals surface area (Å²) in [4.78, 5) is 2.76. The molecular formula is C13H26N2S. The van der Waals surface area contributed by atoms with Gasteiger partial charge in [0.2, 0.25) is 0 Å². The lowest BCUT2D eigenvalue weighted by Crippen LogP contribution is -2.38. The highest BCUT2D eigenvalue weighted by atomic mass is 32.2. The van der Waals surface area contributed by atoms with Gasteiger partial charge in [-0.25, -0.2) is 0 Å². The van der Waals surface area contributed by atoms with Gasteiger partial charge in [-0.1, -0.05) is 13.8 Å². The van der Waals surface area contributed by atoms with Crippen LogP contribution in [-0.2, 0) is 0 Å². The van der Waals surface area contributed by atoms with Crippen molar-refractivity contribution in [3.63, 3.8) is 0 Å². The molecule has 0 spiro atoms. The fourth-order valence-electron chi connectivity index (χ4n) is 2.77. The summed E-state index contributed by atoms with van der Waals surface area (Å²) in [6.07, 6.45) is 5.46. The summed E-state index contributed by atoms with van der Waals surface area (Å²) in [5, 5.41) is 3.52. The second-order valence-corrected chi connectivity index (χ2v) is 7.53. The maximum absolute atomic E-state index is 3.52. The summed E-state index contributed by atoms with van der Waals surface area (Å²) in [5.74, 6) is 1.32. The van der Waals surface area contributed by atoms with Crippen LogP contribution in [-0.4, -0.2) is 47.6 Å². The first-order valence-corrected chi connectivity index (χ1v) is 7.75. The first-order chi connectivity index (χ1) is 7.67. The number of rotatable bonds is 1. The standard InChI is InChI=1S/C13H26N2S/c1-13(2)6-9-15(10-11-16-13)12-4-3-7-14-8-5-12/h12,14H,3-11H2,1-2H3. The van der Waals surface area contributed by atoms with E-state index in [4.69, 9.17) is 0 Å². The summed E-state index contributed by atoms with van der Waals surface area (Å²) < 4.78 is 0.498. The van der Waals surface area contributed by atoms with E-state index in [0.717, 1.165) is 6.04 Å². The molecule has 0 aromatic heterocycles. The lowest BCUT2D eigenvalue weighted by molar-refractivity contribution is 0.190. The zero-order valence-corrected chi connectivity index (χ0v) is 11.6. The van der Waals surface area contributed by atoms with Gasteiger partial charge in [0.15, 0.2) is 0 Å². The van der Waals surface area contributed by atoms with Gasteiger partial charge >= 0.3 is 0 Å². The van der Waals surface area contributed by atoms with Crippen LogP contribution in [0.15, 0.2) is 0 Å². The van der Waals surface area contributed by atoms with Gasteiger partial charge in [-0.3, -0.25) is 4.90 Å². The highest BCUT2D eigenvalue weighted by Crippen LogP contribution is 2.32. The highest BCUT2D eigenvalue weighted by molar-refractivity contribution is 8.00. The molecule has 2 rings (SSSR count). The third-order valence-corrected chi connectivity index (χ3v) is 5.31. The maximum atomic E-state index is 3.52. The molecule has 2 aliphatic heterocycles. The van der Waals surface area contributed by atoms with Crippen LogP contribution in [0, 0.1) is 0 Å². The molecule has 0 radical (unpaired) electrons. The van der Waals surface area contributed by atoms with Gasteiger partial charge in [0.05, 0.1) is 0 Å². The first kappa shape index (κ1) is 12.7. The summed E-state index contributed by atoms with van der Waals surface area (Å²) in [6.45, 7) is 9.86. The average Bonchev–Trinajstić information content (AvgIpc) is 2.58. The van der Waals surface area contributed by atoms with E-state index in [9.17, 15) is 0 Å². The minimum Gasteiger partial charge on any atom is -0.317 e. The predicted octanol–water partition coefficient (Wildman–Crippen LogP) is 2.35. The highest BCUT2D eigenvalue weighted by Gasteiger charge is 2.27. The molecule has 2 fully saturated rings. The van der Waals surface area contributed by atoms with E-state index < -0.39 is 0 Å². The molecule has 0 aromatic carbocycles. The molecule has 1 N–H and O–H groups in total. The van der Waals surface area contributed by atoms with Crippen LogP contribution in [0.3, 0.4) is 0 Å². The Morgan fingerprint density at radius 3 is 2.94 bits per heavy atom. The molecular weight excluding hydrogens is 216 g/mol. The second kappa shape index (κ2) is 5.74. The Bertz CT molecular complexity index is 210. The van der Waals surface area contributed by atoms with E-state index in [-0.39, 0.29) is 0 Å². The molecule has 0 amide bonds. The predicted molar refractivity (Wildman–Crippen MR) is 73.2 cm³/mol. The Kier molecular flexibility index (Phi) is 4.57. The second-order valence-electron chi connectivity index (χ2n) is 5.73. The molecule has 2 heterocycles. The Morgan fingerprint density at radius 1 is 1.19 bits per heavy atom. The number of hydrogen-bond donors (Lipinski definition) is 1. The van der Waals surface area contributed by atoms with Gasteiger partial charge in [0.25, 0.3) is 0 Å². The van der Waals surface area contributed by atoms with Crippen molar-refractivity contribution in [1.82, 2.24) is 10.2 Å². The third kappa shape index (κ3) is 3.64.